The molecule has 0 aliphatic carbocycles. The third kappa shape index (κ3) is 2.86. The lowest BCUT2D eigenvalue weighted by Crippen LogP contribution is -1.97. The number of hydrogen-bond donors (Lipinski definition) is 1. The molecule has 0 fully saturated rings. The number of carbonyl (C=O) groups is 1. The highest BCUT2D eigenvalue weighted by atomic mass is 35.5. The first-order valence-corrected chi connectivity index (χ1v) is 6.56. The van der Waals surface area contributed by atoms with Gasteiger partial charge in [0.15, 0.2) is 5.16 Å². The Bertz CT molecular complexity index is 583. The number of carboxylic acid groups (broad SMARTS) is 1. The van der Waals surface area contributed by atoms with E-state index in [1.165, 1.54) is 6.07 Å². The number of halogens is 1. The van der Waals surface area contributed by atoms with Crippen molar-refractivity contribution in [2.45, 2.75) is 10.9 Å². The van der Waals surface area contributed by atoms with Gasteiger partial charge in [0, 0.05) is 30.2 Å². The predicted molar refractivity (Wildman–Crippen MR) is 71.2 cm³/mol. The maximum Gasteiger partial charge on any atom is 0.335 e. The third-order valence-corrected chi connectivity index (χ3v) is 3.89. The predicted octanol–water partition coefficient (Wildman–Crippen LogP) is 3.06. The maximum atomic E-state index is 10.8. The Morgan fingerprint density at radius 1 is 1.56 bits per heavy atom. The molecular formula is C12H11ClN2O2S. The fraction of sp³-hybridized carbons (Fsp3) is 0.167. The number of imidazole rings is 1. The van der Waals surface area contributed by atoms with E-state index in [0.717, 1.165) is 10.7 Å². The van der Waals surface area contributed by atoms with Crippen molar-refractivity contribution in [3.05, 3.63) is 46.7 Å². The number of aromatic carboxylic acids is 1. The summed E-state index contributed by atoms with van der Waals surface area (Å²) < 4.78 is 1.92. The summed E-state index contributed by atoms with van der Waals surface area (Å²) in [4.78, 5) is 15.0. The van der Waals surface area contributed by atoms with Gasteiger partial charge in [0.1, 0.15) is 0 Å². The van der Waals surface area contributed by atoms with Crippen molar-refractivity contribution in [2.75, 3.05) is 0 Å². The second kappa shape index (κ2) is 5.46. The summed E-state index contributed by atoms with van der Waals surface area (Å²) in [5.41, 5.74) is 1.10. The molecule has 0 saturated carbocycles. The van der Waals surface area contributed by atoms with Gasteiger partial charge in [-0.1, -0.05) is 29.4 Å². The van der Waals surface area contributed by atoms with Crippen molar-refractivity contribution < 1.29 is 9.90 Å². The van der Waals surface area contributed by atoms with Gasteiger partial charge in [-0.25, -0.2) is 9.78 Å². The van der Waals surface area contributed by atoms with E-state index in [1.807, 2.05) is 17.8 Å². The van der Waals surface area contributed by atoms with Crippen LogP contribution in [0.5, 0.6) is 0 Å². The summed E-state index contributed by atoms with van der Waals surface area (Å²) in [5, 5.41) is 10.2. The molecule has 0 aliphatic heterocycles. The molecule has 0 amide bonds. The van der Waals surface area contributed by atoms with Crippen LogP contribution in [0.25, 0.3) is 0 Å². The molecule has 0 unspecified atom stereocenters. The minimum Gasteiger partial charge on any atom is -0.478 e. The highest BCUT2D eigenvalue weighted by Gasteiger charge is 2.08. The molecule has 0 bridgehead atoms. The Labute approximate surface area is 114 Å². The molecule has 1 aromatic heterocycles. The maximum absolute atomic E-state index is 10.8. The van der Waals surface area contributed by atoms with Gasteiger partial charge in [0.25, 0.3) is 0 Å². The largest absolute Gasteiger partial charge is 0.478 e. The van der Waals surface area contributed by atoms with Crippen LogP contribution in [0.2, 0.25) is 5.02 Å². The van der Waals surface area contributed by atoms with Crippen LogP contribution in [-0.4, -0.2) is 20.6 Å². The Kier molecular flexibility index (Phi) is 3.93. The fourth-order valence-electron chi connectivity index (χ4n) is 1.43. The first kappa shape index (κ1) is 13.0. The lowest BCUT2D eigenvalue weighted by Gasteiger charge is -2.05. The van der Waals surface area contributed by atoms with E-state index in [2.05, 4.69) is 4.98 Å². The highest BCUT2D eigenvalue weighted by molar-refractivity contribution is 7.98. The van der Waals surface area contributed by atoms with Crippen LogP contribution in [0.1, 0.15) is 15.9 Å². The number of nitrogens with zero attached hydrogens (tertiary/aromatic N) is 2. The molecular weight excluding hydrogens is 272 g/mol. The van der Waals surface area contributed by atoms with Crippen molar-refractivity contribution in [3.8, 4) is 0 Å². The molecule has 6 heteroatoms. The Balaban J connectivity index is 2.11. The first-order valence-electron chi connectivity index (χ1n) is 5.20. The zero-order valence-corrected chi connectivity index (χ0v) is 11.2. The van der Waals surface area contributed by atoms with Crippen LogP contribution >= 0.6 is 23.4 Å². The normalized spacial score (nSPS) is 10.6. The van der Waals surface area contributed by atoms with Gasteiger partial charge in [-0.3, -0.25) is 0 Å². The van der Waals surface area contributed by atoms with E-state index >= 15 is 0 Å². The van der Waals surface area contributed by atoms with E-state index in [-0.39, 0.29) is 5.56 Å². The zero-order valence-electron chi connectivity index (χ0n) is 9.63. The minimum absolute atomic E-state index is 0.200. The van der Waals surface area contributed by atoms with E-state index in [0.29, 0.717) is 10.8 Å². The molecule has 18 heavy (non-hydrogen) atoms. The smallest absolute Gasteiger partial charge is 0.335 e. The molecule has 0 atom stereocenters. The summed E-state index contributed by atoms with van der Waals surface area (Å²) in [7, 11) is 1.92. The molecule has 0 radical (unpaired) electrons. The highest BCUT2D eigenvalue weighted by Crippen LogP contribution is 2.26. The molecule has 4 nitrogen and oxygen atoms in total. The Morgan fingerprint density at radius 2 is 2.33 bits per heavy atom. The van der Waals surface area contributed by atoms with Crippen molar-refractivity contribution in [1.82, 2.24) is 9.55 Å². The van der Waals surface area contributed by atoms with Gasteiger partial charge in [0.05, 0.1) is 5.56 Å². The van der Waals surface area contributed by atoms with Crippen LogP contribution in [-0.2, 0) is 12.8 Å². The van der Waals surface area contributed by atoms with Crippen molar-refractivity contribution >= 4 is 29.3 Å². The second-order valence-corrected chi connectivity index (χ2v) is 5.07. The van der Waals surface area contributed by atoms with Crippen LogP contribution in [0.15, 0.2) is 35.7 Å². The number of carboxylic acids is 1. The number of thioether (sulfide) groups is 1. The average Bonchev–Trinajstić information content (AvgIpc) is 2.73. The quantitative estimate of drug-likeness (QED) is 0.876. The van der Waals surface area contributed by atoms with Gasteiger partial charge in [-0.15, -0.1) is 0 Å². The first-order chi connectivity index (χ1) is 8.58. The number of hydrogen-bond acceptors (Lipinski definition) is 3. The molecule has 1 aromatic carbocycles. The molecule has 1 heterocycles. The fourth-order valence-corrected chi connectivity index (χ4v) is 2.69. The van der Waals surface area contributed by atoms with Crippen molar-refractivity contribution in [2.24, 2.45) is 7.05 Å². The minimum atomic E-state index is -0.972. The lowest BCUT2D eigenvalue weighted by atomic mass is 10.1. The van der Waals surface area contributed by atoms with Crippen LogP contribution in [0.4, 0.5) is 0 Å². The number of rotatable bonds is 4. The van der Waals surface area contributed by atoms with Gasteiger partial charge in [-0.05, 0) is 17.7 Å². The van der Waals surface area contributed by atoms with Gasteiger partial charge in [-0.2, -0.15) is 0 Å². The van der Waals surface area contributed by atoms with Gasteiger partial charge in [0.2, 0.25) is 0 Å². The zero-order chi connectivity index (χ0) is 13.1. The third-order valence-electron chi connectivity index (χ3n) is 2.43. The molecule has 2 aromatic rings. The van der Waals surface area contributed by atoms with Gasteiger partial charge >= 0.3 is 5.97 Å². The van der Waals surface area contributed by atoms with E-state index < -0.39 is 5.97 Å². The van der Waals surface area contributed by atoms with E-state index in [9.17, 15) is 4.79 Å². The number of aromatic nitrogens is 2. The summed E-state index contributed by atoms with van der Waals surface area (Å²) >= 11 is 7.60. The SMILES string of the molecule is Cn1ccnc1SCc1ccc(C(=O)O)cc1Cl. The van der Waals surface area contributed by atoms with Gasteiger partial charge < -0.3 is 9.67 Å². The number of benzene rings is 1. The molecule has 0 saturated heterocycles. The summed E-state index contributed by atoms with van der Waals surface area (Å²) in [6.07, 6.45) is 3.61. The second-order valence-electron chi connectivity index (χ2n) is 3.72. The monoisotopic (exact) mass is 282 g/mol. The van der Waals surface area contributed by atoms with Crippen LogP contribution in [0.3, 0.4) is 0 Å². The molecule has 0 spiro atoms. The molecule has 1 N–H and O–H groups in total. The molecule has 94 valence electrons. The Morgan fingerprint density at radius 3 is 2.89 bits per heavy atom. The Hall–Kier alpha value is -1.46. The van der Waals surface area contributed by atoms with Crippen LogP contribution in [0, 0.1) is 0 Å². The molecule has 0 aliphatic rings. The van der Waals surface area contributed by atoms with Crippen molar-refractivity contribution in [3.63, 3.8) is 0 Å². The van der Waals surface area contributed by atoms with E-state index in [4.69, 9.17) is 16.7 Å². The average molecular weight is 283 g/mol. The lowest BCUT2D eigenvalue weighted by molar-refractivity contribution is 0.0697. The molecule has 2 rings (SSSR count). The summed E-state index contributed by atoms with van der Waals surface area (Å²) in [6.45, 7) is 0. The topological polar surface area (TPSA) is 55.1 Å². The summed E-state index contributed by atoms with van der Waals surface area (Å²) in [5.74, 6) is -0.316. The van der Waals surface area contributed by atoms with E-state index in [1.54, 1.807) is 30.1 Å². The number of aryl methyl sites for hydroxylation is 1. The summed E-state index contributed by atoms with van der Waals surface area (Å²) in [6, 6.07) is 4.77. The van der Waals surface area contributed by atoms with Crippen LogP contribution < -0.4 is 0 Å². The van der Waals surface area contributed by atoms with Crippen molar-refractivity contribution in [1.29, 1.82) is 0 Å². The standard InChI is InChI=1S/C12H11ClN2O2S/c1-15-5-4-14-12(15)18-7-9-3-2-8(11(16)17)6-10(9)13/h2-6H,7H2,1H3,(H,16,17).